The van der Waals surface area contributed by atoms with E-state index in [1.54, 1.807) is 0 Å². The fourth-order valence-electron chi connectivity index (χ4n) is 2.35. The molecule has 4 aromatic carbocycles. The van der Waals surface area contributed by atoms with Crippen LogP contribution in [0.4, 0.5) is 0 Å². The van der Waals surface area contributed by atoms with E-state index in [1.807, 2.05) is 221 Å². The van der Waals surface area contributed by atoms with Gasteiger partial charge in [0.1, 0.15) is 0 Å². The molecule has 0 heteroatoms. The van der Waals surface area contributed by atoms with Crippen molar-refractivity contribution in [3.63, 3.8) is 0 Å². The van der Waals surface area contributed by atoms with Gasteiger partial charge in [-0.05, 0) is 24.5 Å². The molecule has 0 N–H and O–H groups in total. The van der Waals surface area contributed by atoms with Gasteiger partial charge in [-0.2, -0.15) is 0 Å². The molecule has 0 atom stereocenters. The van der Waals surface area contributed by atoms with Crippen LogP contribution in [0.5, 0.6) is 0 Å². The lowest BCUT2D eigenvalue weighted by atomic mass is 10.1. The zero-order valence-electron chi connectivity index (χ0n) is 39.3. The fourth-order valence-corrected chi connectivity index (χ4v) is 2.35. The molecule has 4 aromatic rings. The van der Waals surface area contributed by atoms with Gasteiger partial charge in [0.25, 0.3) is 0 Å². The molecule has 50 heavy (non-hydrogen) atoms. The lowest BCUT2D eigenvalue weighted by molar-refractivity contribution is 1.19. The van der Waals surface area contributed by atoms with Crippen LogP contribution in [0.25, 0.3) is 0 Å². The van der Waals surface area contributed by atoms with Crippen LogP contribution < -0.4 is 0 Å². The van der Waals surface area contributed by atoms with Crippen LogP contribution in [0.2, 0.25) is 0 Å². The quantitative estimate of drug-likeness (QED) is 0.195. The van der Waals surface area contributed by atoms with E-state index in [1.165, 1.54) is 16.7 Å². The van der Waals surface area contributed by atoms with Crippen molar-refractivity contribution in [2.24, 2.45) is 0 Å². The Kier molecular flexibility index (Phi) is 182. The Morgan fingerprint density at radius 1 is 0.220 bits per heavy atom. The maximum atomic E-state index is 2.16. The molecule has 0 nitrogen and oxygen atoms in total. The van der Waals surface area contributed by atoms with Crippen LogP contribution in [0, 0.1) is 6.92 Å². The van der Waals surface area contributed by atoms with Gasteiger partial charge >= 0.3 is 0 Å². The highest BCUT2D eigenvalue weighted by Gasteiger charge is 1.92. The molecule has 0 aliphatic rings. The Bertz CT molecular complexity index is 727. The average molecular weight is 699 g/mol. The summed E-state index contributed by atoms with van der Waals surface area (Å²) >= 11 is 0. The molecule has 0 unspecified atom stereocenters. The molecule has 0 bridgehead atoms. The monoisotopic (exact) mass is 699 g/mol. The normalized spacial score (nSPS) is 6.18. The van der Waals surface area contributed by atoms with Crippen LogP contribution in [-0.2, 0) is 6.42 Å². The third-order valence-electron chi connectivity index (χ3n) is 3.70. The van der Waals surface area contributed by atoms with Gasteiger partial charge < -0.3 is 0 Å². The van der Waals surface area contributed by atoms with Gasteiger partial charge in [0, 0.05) is 0 Å². The second kappa shape index (κ2) is 119. The number of benzene rings is 4. The summed E-state index contributed by atoms with van der Waals surface area (Å²) in [7, 11) is 0. The summed E-state index contributed by atoms with van der Waals surface area (Å²) in [6.45, 7) is 50.1. The van der Waals surface area contributed by atoms with Crippen molar-refractivity contribution < 1.29 is 0 Å². The topological polar surface area (TPSA) is 0 Å². The standard InChI is InChI=1S/C13H12.C7H8.C6H6.12C2H6/c1-3-7-12(8-4-1)11-13-9-5-2-6-10-13;1-7-5-3-2-4-6-7;1-2-4-6-5-3-1;12*1-2/h1-10H,11H2;2-6H,1H3;1-6H;12*1-2H3. The summed E-state index contributed by atoms with van der Waals surface area (Å²) in [6, 6.07) is 43.3. The van der Waals surface area contributed by atoms with Crippen molar-refractivity contribution in [3.05, 3.63) is 144 Å². The van der Waals surface area contributed by atoms with E-state index in [0.717, 1.165) is 6.42 Å². The van der Waals surface area contributed by atoms with Crippen LogP contribution in [0.3, 0.4) is 0 Å². The molecule has 0 saturated carbocycles. The van der Waals surface area contributed by atoms with Gasteiger partial charge in [-0.15, -0.1) is 0 Å². The van der Waals surface area contributed by atoms with E-state index >= 15 is 0 Å². The second-order valence-electron chi connectivity index (χ2n) is 5.96. The molecule has 0 spiro atoms. The Hall–Kier alpha value is -3.12. The summed E-state index contributed by atoms with van der Waals surface area (Å²) in [5, 5.41) is 0. The minimum Gasteiger partial charge on any atom is -0.0683 e. The van der Waals surface area contributed by atoms with E-state index in [0.29, 0.717) is 0 Å². The van der Waals surface area contributed by atoms with Crippen LogP contribution >= 0.6 is 0 Å². The van der Waals surface area contributed by atoms with Gasteiger partial charge in [-0.1, -0.05) is 299 Å². The number of hydrogen-bond donors (Lipinski definition) is 0. The number of aryl methyl sites for hydroxylation is 1. The smallest absolute Gasteiger partial charge is 0.00258 e. The van der Waals surface area contributed by atoms with Gasteiger partial charge in [0.15, 0.2) is 0 Å². The maximum Gasteiger partial charge on any atom is -0.00258 e. The molecule has 0 heterocycles. The Morgan fingerprint density at radius 3 is 0.500 bits per heavy atom. The van der Waals surface area contributed by atoms with E-state index in [4.69, 9.17) is 0 Å². The van der Waals surface area contributed by atoms with E-state index in [2.05, 4.69) is 79.7 Å². The highest BCUT2D eigenvalue weighted by Crippen LogP contribution is 2.07. The van der Waals surface area contributed by atoms with Crippen molar-refractivity contribution >= 4 is 0 Å². The van der Waals surface area contributed by atoms with Gasteiger partial charge in [-0.3, -0.25) is 0 Å². The zero-order valence-corrected chi connectivity index (χ0v) is 39.3. The van der Waals surface area contributed by atoms with Crippen molar-refractivity contribution in [1.29, 1.82) is 0 Å². The van der Waals surface area contributed by atoms with Crippen molar-refractivity contribution in [2.45, 2.75) is 180 Å². The SMILES string of the molecule is CC.CC.CC.CC.CC.CC.CC.CC.CC.CC.CC.CC.Cc1ccccc1.c1ccc(Cc2ccccc2)cc1.c1ccccc1. The molecule has 298 valence electrons. The average Bonchev–Trinajstić information content (AvgIpc) is 3.29. The largest absolute Gasteiger partial charge is 0.0683 e. The minimum absolute atomic E-state index is 1.03. The summed E-state index contributed by atoms with van der Waals surface area (Å²) in [4.78, 5) is 0. The van der Waals surface area contributed by atoms with Gasteiger partial charge in [-0.25, -0.2) is 0 Å². The predicted molar refractivity (Wildman–Crippen MR) is 249 cm³/mol. The zero-order chi connectivity index (χ0) is 42.3. The van der Waals surface area contributed by atoms with Crippen LogP contribution in [0.1, 0.15) is 183 Å². The number of hydrogen-bond acceptors (Lipinski definition) is 0. The third-order valence-corrected chi connectivity index (χ3v) is 3.70. The molecule has 0 fully saturated rings. The molecule has 0 saturated heterocycles. The van der Waals surface area contributed by atoms with Crippen molar-refractivity contribution in [2.75, 3.05) is 0 Å². The minimum atomic E-state index is 1.03. The third kappa shape index (κ3) is 90.6. The van der Waals surface area contributed by atoms with Crippen LogP contribution in [-0.4, -0.2) is 0 Å². The molecule has 0 aliphatic heterocycles. The highest BCUT2D eigenvalue weighted by molar-refractivity contribution is 5.25. The van der Waals surface area contributed by atoms with Crippen molar-refractivity contribution in [1.82, 2.24) is 0 Å². The first-order chi connectivity index (χ1) is 24.8. The van der Waals surface area contributed by atoms with Gasteiger partial charge in [0.05, 0.1) is 0 Å². The molecular weight excluding hydrogens is 601 g/mol. The molecule has 4 rings (SSSR count). The predicted octanol–water partition coefficient (Wildman–Crippen LogP) is 19.3. The van der Waals surface area contributed by atoms with Crippen LogP contribution in [0.15, 0.2) is 127 Å². The molecule has 0 aliphatic carbocycles. The summed E-state index contributed by atoms with van der Waals surface area (Å²) in [5.41, 5.74) is 4.06. The Morgan fingerprint density at radius 2 is 0.360 bits per heavy atom. The molecule has 0 amide bonds. The first kappa shape index (κ1) is 76.7. The lowest BCUT2D eigenvalue weighted by Gasteiger charge is -2.00. The summed E-state index contributed by atoms with van der Waals surface area (Å²) in [6.07, 6.45) is 1.03. The second-order valence-corrected chi connectivity index (χ2v) is 5.96. The highest BCUT2D eigenvalue weighted by atomic mass is 14.0. The van der Waals surface area contributed by atoms with Crippen molar-refractivity contribution in [3.8, 4) is 0 Å². The molecule has 0 aromatic heterocycles. The summed E-state index contributed by atoms with van der Waals surface area (Å²) < 4.78 is 0. The maximum absolute atomic E-state index is 2.16. The van der Waals surface area contributed by atoms with E-state index < -0.39 is 0 Å². The molecule has 0 radical (unpaired) electrons. The molecular formula is C50H98. The first-order valence-electron chi connectivity index (χ1n) is 20.9. The van der Waals surface area contributed by atoms with Gasteiger partial charge in [0.2, 0.25) is 0 Å². The Balaban J connectivity index is -0.0000000402. The fraction of sp³-hybridized carbons (Fsp3) is 0.520. The Labute approximate surface area is 322 Å². The lowest BCUT2D eigenvalue weighted by Crippen LogP contribution is -1.85. The van der Waals surface area contributed by atoms with E-state index in [-0.39, 0.29) is 0 Å². The summed E-state index contributed by atoms with van der Waals surface area (Å²) in [5.74, 6) is 0. The number of rotatable bonds is 2. The van der Waals surface area contributed by atoms with E-state index in [9.17, 15) is 0 Å². The first-order valence-corrected chi connectivity index (χ1v) is 20.9.